The third-order valence-electron chi connectivity index (χ3n) is 2.56. The molecule has 112 valence electrons. The lowest BCUT2D eigenvalue weighted by Gasteiger charge is -2.10. The minimum absolute atomic E-state index is 0.0883. The van der Waals surface area contributed by atoms with Gasteiger partial charge >= 0.3 is 0 Å². The van der Waals surface area contributed by atoms with Crippen LogP contribution in [-0.4, -0.2) is 28.2 Å². The molecule has 0 bridgehead atoms. The second-order valence-electron chi connectivity index (χ2n) is 4.53. The fourth-order valence-corrected chi connectivity index (χ4v) is 2.47. The molecule has 1 aromatic carbocycles. The van der Waals surface area contributed by atoms with Crippen molar-refractivity contribution in [2.45, 2.75) is 18.7 Å². The highest BCUT2D eigenvalue weighted by Gasteiger charge is 2.16. The Hall–Kier alpha value is -1.44. The lowest BCUT2D eigenvalue weighted by Crippen LogP contribution is -2.28. The Balaban J connectivity index is 2.67. The summed E-state index contributed by atoms with van der Waals surface area (Å²) in [6.07, 6.45) is 0. The first-order valence-electron chi connectivity index (χ1n) is 6.01. The van der Waals surface area contributed by atoms with Crippen LogP contribution in [0.5, 0.6) is 0 Å². The average Bonchev–Trinajstić information content (AvgIpc) is 2.34. The van der Waals surface area contributed by atoms with Crippen LogP contribution in [0.1, 0.15) is 12.5 Å². The Morgan fingerprint density at radius 1 is 1.50 bits per heavy atom. The molecule has 0 aliphatic heterocycles. The van der Waals surface area contributed by atoms with Crippen LogP contribution in [0.2, 0.25) is 0 Å². The predicted octanol–water partition coefficient (Wildman–Crippen LogP) is 1.59. The van der Waals surface area contributed by atoms with Gasteiger partial charge in [-0.3, -0.25) is 0 Å². The summed E-state index contributed by atoms with van der Waals surface area (Å²) in [6, 6.07) is 2.18. The van der Waals surface area contributed by atoms with Gasteiger partial charge in [-0.2, -0.15) is 0 Å². The summed E-state index contributed by atoms with van der Waals surface area (Å²) >= 11 is 0. The lowest BCUT2D eigenvalue weighted by molar-refractivity contribution is 0.162. The number of nitrogens with two attached hydrogens (primary N) is 1. The van der Waals surface area contributed by atoms with E-state index in [9.17, 15) is 12.8 Å². The minimum atomic E-state index is -3.80. The molecule has 0 unspecified atom stereocenters. The first kappa shape index (κ1) is 16.6. The molecule has 5 nitrogen and oxygen atoms in total. The molecule has 1 aromatic rings. The van der Waals surface area contributed by atoms with Gasteiger partial charge in [0.15, 0.2) is 0 Å². The number of sulfonamides is 1. The fourth-order valence-electron chi connectivity index (χ4n) is 1.41. The van der Waals surface area contributed by atoms with E-state index in [1.165, 1.54) is 13.0 Å². The van der Waals surface area contributed by atoms with Crippen molar-refractivity contribution in [3.05, 3.63) is 35.7 Å². The van der Waals surface area contributed by atoms with Gasteiger partial charge in [0.2, 0.25) is 10.0 Å². The van der Waals surface area contributed by atoms with Gasteiger partial charge in [-0.15, -0.1) is 0 Å². The zero-order valence-corrected chi connectivity index (χ0v) is 12.4. The molecule has 0 spiro atoms. The first-order valence-corrected chi connectivity index (χ1v) is 7.50. The molecule has 1 rings (SSSR count). The lowest BCUT2D eigenvalue weighted by atomic mass is 10.2. The summed E-state index contributed by atoms with van der Waals surface area (Å²) in [5.41, 5.74) is 6.74. The van der Waals surface area contributed by atoms with Crippen LogP contribution in [-0.2, 0) is 14.8 Å². The number of rotatable bonds is 7. The number of hydrogen-bond acceptors (Lipinski definition) is 4. The second kappa shape index (κ2) is 6.83. The SMILES string of the molecule is C=C(C)COCCNS(=O)(=O)c1cc(N)c(C)c(F)c1. The van der Waals surface area contributed by atoms with Gasteiger partial charge in [-0.25, -0.2) is 17.5 Å². The van der Waals surface area contributed by atoms with E-state index >= 15 is 0 Å². The minimum Gasteiger partial charge on any atom is -0.398 e. The van der Waals surface area contributed by atoms with Crippen LogP contribution in [0.3, 0.4) is 0 Å². The van der Waals surface area contributed by atoms with Crippen molar-refractivity contribution in [2.24, 2.45) is 0 Å². The normalized spacial score (nSPS) is 11.6. The molecular weight excluding hydrogens is 283 g/mol. The molecule has 20 heavy (non-hydrogen) atoms. The van der Waals surface area contributed by atoms with Crippen LogP contribution in [0.15, 0.2) is 29.2 Å². The van der Waals surface area contributed by atoms with E-state index in [2.05, 4.69) is 11.3 Å². The van der Waals surface area contributed by atoms with Gasteiger partial charge in [0.25, 0.3) is 0 Å². The van der Waals surface area contributed by atoms with E-state index in [0.29, 0.717) is 6.61 Å². The monoisotopic (exact) mass is 302 g/mol. The molecule has 0 aliphatic rings. The van der Waals surface area contributed by atoms with Crippen LogP contribution in [0, 0.1) is 12.7 Å². The molecule has 0 saturated heterocycles. The van der Waals surface area contributed by atoms with Gasteiger partial charge in [-0.05, 0) is 26.0 Å². The number of halogens is 1. The standard InChI is InChI=1S/C13H19FN2O3S/c1-9(2)8-19-5-4-16-20(17,18)11-6-12(14)10(3)13(15)7-11/h6-7,16H,1,4-5,8,15H2,2-3H3. The molecule has 0 aliphatic carbocycles. The van der Waals surface area contributed by atoms with Crippen molar-refractivity contribution in [3.8, 4) is 0 Å². The number of benzene rings is 1. The Morgan fingerprint density at radius 3 is 2.70 bits per heavy atom. The predicted molar refractivity (Wildman–Crippen MR) is 76.4 cm³/mol. The van der Waals surface area contributed by atoms with Crippen molar-refractivity contribution in [1.82, 2.24) is 4.72 Å². The maximum absolute atomic E-state index is 13.5. The molecular formula is C13H19FN2O3S. The van der Waals surface area contributed by atoms with Gasteiger partial charge in [0.05, 0.1) is 18.1 Å². The summed E-state index contributed by atoms with van der Waals surface area (Å²) < 4.78 is 44.9. The van der Waals surface area contributed by atoms with E-state index in [1.807, 2.05) is 6.92 Å². The Labute approximate surface area is 118 Å². The highest BCUT2D eigenvalue weighted by molar-refractivity contribution is 7.89. The van der Waals surface area contributed by atoms with Gasteiger partial charge in [-0.1, -0.05) is 12.2 Å². The summed E-state index contributed by atoms with van der Waals surface area (Å²) in [5.74, 6) is -0.649. The van der Waals surface area contributed by atoms with Crippen LogP contribution in [0.25, 0.3) is 0 Å². The molecule has 0 saturated carbocycles. The van der Waals surface area contributed by atoms with Crippen molar-refractivity contribution < 1.29 is 17.5 Å². The molecule has 7 heteroatoms. The molecule has 0 amide bonds. The molecule has 0 heterocycles. The largest absolute Gasteiger partial charge is 0.398 e. The Bertz CT molecular complexity index is 577. The maximum Gasteiger partial charge on any atom is 0.240 e. The summed E-state index contributed by atoms with van der Waals surface area (Å²) in [7, 11) is -3.80. The third kappa shape index (κ3) is 4.59. The number of hydrogen-bond donors (Lipinski definition) is 2. The van der Waals surface area contributed by atoms with E-state index in [0.717, 1.165) is 11.6 Å². The molecule has 0 fully saturated rings. The van der Waals surface area contributed by atoms with Crippen molar-refractivity contribution in [2.75, 3.05) is 25.5 Å². The summed E-state index contributed by atoms with van der Waals surface area (Å²) in [5, 5.41) is 0. The number of ether oxygens (including phenoxy) is 1. The molecule has 3 N–H and O–H groups in total. The van der Waals surface area contributed by atoms with E-state index in [-0.39, 0.29) is 29.3 Å². The van der Waals surface area contributed by atoms with Gasteiger partial charge < -0.3 is 10.5 Å². The second-order valence-corrected chi connectivity index (χ2v) is 6.29. The van der Waals surface area contributed by atoms with Gasteiger partial charge in [0.1, 0.15) is 5.82 Å². The molecule has 0 aromatic heterocycles. The molecule has 0 radical (unpaired) electrons. The zero-order chi connectivity index (χ0) is 15.3. The Morgan fingerprint density at radius 2 is 2.15 bits per heavy atom. The average molecular weight is 302 g/mol. The van der Waals surface area contributed by atoms with Crippen molar-refractivity contribution >= 4 is 15.7 Å². The quantitative estimate of drug-likeness (QED) is 0.455. The zero-order valence-electron chi connectivity index (χ0n) is 11.6. The molecule has 0 atom stereocenters. The van der Waals surface area contributed by atoms with E-state index < -0.39 is 15.8 Å². The first-order chi connectivity index (χ1) is 9.24. The fraction of sp³-hybridized carbons (Fsp3) is 0.385. The highest BCUT2D eigenvalue weighted by atomic mass is 32.2. The number of nitrogen functional groups attached to an aromatic ring is 1. The number of anilines is 1. The van der Waals surface area contributed by atoms with E-state index in [4.69, 9.17) is 10.5 Å². The van der Waals surface area contributed by atoms with E-state index in [1.54, 1.807) is 0 Å². The van der Waals surface area contributed by atoms with Gasteiger partial charge in [0, 0.05) is 17.8 Å². The summed E-state index contributed by atoms with van der Waals surface area (Å²) in [6.45, 7) is 7.61. The Kier molecular flexibility index (Phi) is 5.67. The van der Waals surface area contributed by atoms with Crippen LogP contribution in [0.4, 0.5) is 10.1 Å². The van der Waals surface area contributed by atoms with Crippen molar-refractivity contribution in [3.63, 3.8) is 0 Å². The summed E-state index contributed by atoms with van der Waals surface area (Å²) in [4.78, 5) is -0.196. The van der Waals surface area contributed by atoms with Crippen molar-refractivity contribution in [1.29, 1.82) is 0 Å². The third-order valence-corrected chi connectivity index (χ3v) is 4.00. The van der Waals surface area contributed by atoms with Crippen LogP contribution < -0.4 is 10.5 Å². The maximum atomic E-state index is 13.5. The van der Waals surface area contributed by atoms with Crippen LogP contribution >= 0.6 is 0 Å². The smallest absolute Gasteiger partial charge is 0.240 e. The highest BCUT2D eigenvalue weighted by Crippen LogP contribution is 2.20. The number of nitrogens with one attached hydrogen (secondary N) is 1. The topological polar surface area (TPSA) is 81.4 Å².